The highest BCUT2D eigenvalue weighted by atomic mass is 16.5. The number of hydrogen-bond acceptors (Lipinski definition) is 5. The molecular formula is C21H24N4O2. The predicted octanol–water partition coefficient (Wildman–Crippen LogP) is 2.19. The van der Waals surface area contributed by atoms with E-state index in [4.69, 9.17) is 4.74 Å². The molecule has 27 heavy (non-hydrogen) atoms. The number of aromatic nitrogens is 2. The van der Waals surface area contributed by atoms with Crippen molar-refractivity contribution in [3.8, 4) is 5.75 Å². The molecule has 0 aliphatic carbocycles. The van der Waals surface area contributed by atoms with Gasteiger partial charge in [0.15, 0.2) is 5.69 Å². The van der Waals surface area contributed by atoms with Crippen LogP contribution in [0.5, 0.6) is 5.75 Å². The molecule has 3 atom stereocenters. The number of ether oxygens (including phenoxy) is 1. The molecule has 5 heterocycles. The molecule has 2 aromatic rings. The van der Waals surface area contributed by atoms with Gasteiger partial charge in [-0.05, 0) is 61.7 Å². The first-order valence-electron chi connectivity index (χ1n) is 9.73. The molecule has 0 radical (unpaired) electrons. The van der Waals surface area contributed by atoms with Crippen molar-refractivity contribution in [2.24, 2.45) is 5.92 Å². The Kier molecular flexibility index (Phi) is 4.08. The highest BCUT2D eigenvalue weighted by Gasteiger charge is 2.54. The average Bonchev–Trinajstić information content (AvgIpc) is 3.18. The van der Waals surface area contributed by atoms with Gasteiger partial charge in [0.1, 0.15) is 5.75 Å². The molecule has 4 fully saturated rings. The maximum absolute atomic E-state index is 13.2. The summed E-state index contributed by atoms with van der Waals surface area (Å²) in [5.74, 6) is 1.79. The molecular weight excluding hydrogens is 340 g/mol. The van der Waals surface area contributed by atoms with E-state index < -0.39 is 0 Å². The van der Waals surface area contributed by atoms with Crippen molar-refractivity contribution in [2.75, 3.05) is 26.7 Å². The van der Waals surface area contributed by atoms with Crippen LogP contribution >= 0.6 is 0 Å². The Balaban J connectivity index is 1.50. The number of fused-ring (bicyclic) bond motifs is 2. The van der Waals surface area contributed by atoms with Crippen molar-refractivity contribution >= 4 is 5.91 Å². The second-order valence-electron chi connectivity index (χ2n) is 7.80. The monoisotopic (exact) mass is 364 g/mol. The Hall–Kier alpha value is -2.47. The Morgan fingerprint density at radius 2 is 1.89 bits per heavy atom. The van der Waals surface area contributed by atoms with Crippen molar-refractivity contribution in [1.29, 1.82) is 0 Å². The highest BCUT2D eigenvalue weighted by molar-refractivity contribution is 5.92. The maximum Gasteiger partial charge on any atom is 0.274 e. The van der Waals surface area contributed by atoms with E-state index in [1.165, 1.54) is 18.4 Å². The van der Waals surface area contributed by atoms with E-state index in [2.05, 4.69) is 32.1 Å². The van der Waals surface area contributed by atoms with Gasteiger partial charge >= 0.3 is 0 Å². The third kappa shape index (κ3) is 2.70. The first kappa shape index (κ1) is 16.7. The van der Waals surface area contributed by atoms with Gasteiger partial charge in [-0.25, -0.2) is 0 Å². The third-order valence-corrected chi connectivity index (χ3v) is 6.59. The van der Waals surface area contributed by atoms with E-state index in [0.29, 0.717) is 23.6 Å². The van der Waals surface area contributed by atoms with Crippen molar-refractivity contribution in [1.82, 2.24) is 20.0 Å². The molecule has 0 spiro atoms. The van der Waals surface area contributed by atoms with Crippen LogP contribution in [0, 0.1) is 5.92 Å². The molecule has 140 valence electrons. The lowest BCUT2D eigenvalue weighted by Crippen LogP contribution is -2.60. The van der Waals surface area contributed by atoms with Crippen LogP contribution in [0.3, 0.4) is 0 Å². The Morgan fingerprint density at radius 3 is 2.56 bits per heavy atom. The largest absolute Gasteiger partial charge is 0.497 e. The fraction of sp³-hybridized carbons (Fsp3) is 0.476. The van der Waals surface area contributed by atoms with Gasteiger partial charge in [0.05, 0.1) is 13.2 Å². The molecule has 2 bridgehead atoms. The van der Waals surface area contributed by atoms with Crippen molar-refractivity contribution in [3.05, 3.63) is 53.9 Å². The lowest BCUT2D eigenvalue weighted by atomic mass is 9.75. The van der Waals surface area contributed by atoms with E-state index in [9.17, 15) is 4.79 Å². The van der Waals surface area contributed by atoms with Crippen LogP contribution < -0.4 is 4.74 Å². The molecule has 1 amide bonds. The predicted molar refractivity (Wildman–Crippen MR) is 101 cm³/mol. The summed E-state index contributed by atoms with van der Waals surface area (Å²) in [5.41, 5.74) is 1.73. The van der Waals surface area contributed by atoms with E-state index in [1.807, 2.05) is 12.1 Å². The smallest absolute Gasteiger partial charge is 0.274 e. The summed E-state index contributed by atoms with van der Waals surface area (Å²) in [7, 11) is 1.69. The third-order valence-electron chi connectivity index (χ3n) is 6.59. The van der Waals surface area contributed by atoms with E-state index in [0.717, 1.165) is 25.4 Å². The number of carbonyl (C=O) groups excluding carboxylic acids is 1. The Labute approximate surface area is 159 Å². The fourth-order valence-corrected chi connectivity index (χ4v) is 5.36. The van der Waals surface area contributed by atoms with Gasteiger partial charge in [-0.1, -0.05) is 12.1 Å². The number of nitrogens with zero attached hydrogens (tertiary/aromatic N) is 4. The van der Waals surface area contributed by atoms with Crippen LogP contribution in [0.15, 0.2) is 42.6 Å². The van der Waals surface area contributed by atoms with Crippen LogP contribution in [-0.4, -0.2) is 64.7 Å². The number of benzene rings is 1. The minimum Gasteiger partial charge on any atom is -0.497 e. The van der Waals surface area contributed by atoms with Gasteiger partial charge in [0.25, 0.3) is 5.91 Å². The molecule has 0 saturated carbocycles. The van der Waals surface area contributed by atoms with Gasteiger partial charge in [0.2, 0.25) is 0 Å². The minimum atomic E-state index is 0.0165. The van der Waals surface area contributed by atoms with Gasteiger partial charge in [-0.3, -0.25) is 9.69 Å². The van der Waals surface area contributed by atoms with Gasteiger partial charge in [-0.2, -0.15) is 5.10 Å². The summed E-state index contributed by atoms with van der Waals surface area (Å²) in [6.45, 7) is 3.03. The molecule has 4 saturated heterocycles. The van der Waals surface area contributed by atoms with Crippen LogP contribution in [0.25, 0.3) is 0 Å². The zero-order valence-electron chi connectivity index (χ0n) is 15.5. The number of likely N-dealkylation sites (tertiary alicyclic amines) is 1. The fourth-order valence-electron chi connectivity index (χ4n) is 5.36. The van der Waals surface area contributed by atoms with Crippen LogP contribution in [0.4, 0.5) is 0 Å². The average molecular weight is 364 g/mol. The summed E-state index contributed by atoms with van der Waals surface area (Å²) >= 11 is 0. The van der Waals surface area contributed by atoms with Crippen molar-refractivity contribution < 1.29 is 9.53 Å². The van der Waals surface area contributed by atoms with Crippen LogP contribution in [-0.2, 0) is 0 Å². The van der Waals surface area contributed by atoms with Gasteiger partial charge in [-0.15, -0.1) is 5.10 Å². The molecule has 0 unspecified atom stereocenters. The number of hydrogen-bond donors (Lipinski definition) is 0. The number of methoxy groups -OCH3 is 1. The topological polar surface area (TPSA) is 58.6 Å². The first-order valence-corrected chi connectivity index (χ1v) is 9.73. The molecule has 1 aromatic carbocycles. The zero-order valence-corrected chi connectivity index (χ0v) is 15.5. The van der Waals surface area contributed by atoms with Crippen molar-refractivity contribution in [2.45, 2.75) is 30.8 Å². The van der Waals surface area contributed by atoms with E-state index in [-0.39, 0.29) is 11.9 Å². The molecule has 4 aliphatic rings. The Bertz CT molecular complexity index is 818. The Morgan fingerprint density at radius 1 is 1.11 bits per heavy atom. The van der Waals surface area contributed by atoms with Crippen LogP contribution in [0.1, 0.15) is 34.8 Å². The standard InChI is InChI=1S/C21H24N4O2/c1-27-16-6-4-14(5-7-16)17-13-25(21(26)18-3-2-10-22-23-18)19-15-8-11-24(12-9-15)20(17)19/h2-7,10,15,17,19-20H,8-9,11-13H2,1H3/t17-,19+,20+/m0/s1. The molecule has 6 heteroatoms. The second kappa shape index (κ2) is 6.60. The summed E-state index contributed by atoms with van der Waals surface area (Å²) in [5, 5.41) is 7.98. The normalized spacial score (nSPS) is 31.6. The van der Waals surface area contributed by atoms with Crippen LogP contribution in [0.2, 0.25) is 0 Å². The molecule has 1 aromatic heterocycles. The summed E-state index contributed by atoms with van der Waals surface area (Å²) in [6.07, 6.45) is 3.97. The SMILES string of the molecule is COc1ccc([C@@H]2CN(C(=O)c3cccnn3)[C@@H]3C4CCN(CC4)[C@@H]32)cc1. The minimum absolute atomic E-state index is 0.0165. The number of carbonyl (C=O) groups is 1. The highest BCUT2D eigenvalue weighted by Crippen LogP contribution is 2.47. The molecule has 6 nitrogen and oxygen atoms in total. The summed E-state index contributed by atoms with van der Waals surface area (Å²) < 4.78 is 5.31. The summed E-state index contributed by atoms with van der Waals surface area (Å²) in [4.78, 5) is 17.9. The number of piperidine rings is 3. The molecule has 6 rings (SSSR count). The summed E-state index contributed by atoms with van der Waals surface area (Å²) in [6, 6.07) is 12.6. The zero-order chi connectivity index (χ0) is 18.4. The lowest BCUT2D eigenvalue weighted by Gasteiger charge is -2.51. The molecule has 0 N–H and O–H groups in total. The van der Waals surface area contributed by atoms with E-state index >= 15 is 0 Å². The number of rotatable bonds is 3. The van der Waals surface area contributed by atoms with Gasteiger partial charge in [0, 0.05) is 24.7 Å². The lowest BCUT2D eigenvalue weighted by molar-refractivity contribution is -0.00361. The van der Waals surface area contributed by atoms with Gasteiger partial charge < -0.3 is 9.64 Å². The second-order valence-corrected chi connectivity index (χ2v) is 7.80. The number of amides is 1. The van der Waals surface area contributed by atoms with Crippen molar-refractivity contribution in [3.63, 3.8) is 0 Å². The first-order chi connectivity index (χ1) is 13.3. The van der Waals surface area contributed by atoms with E-state index in [1.54, 1.807) is 25.4 Å². The quantitative estimate of drug-likeness (QED) is 0.836. The maximum atomic E-state index is 13.2. The molecule has 4 aliphatic heterocycles.